The lowest BCUT2D eigenvalue weighted by Crippen LogP contribution is -2.13. The fourth-order valence-corrected chi connectivity index (χ4v) is 2.84. The first-order chi connectivity index (χ1) is 16.7. The Balaban J connectivity index is 1.90. The molecule has 184 valence electrons. The van der Waals surface area contributed by atoms with Gasteiger partial charge in [-0.15, -0.1) is 0 Å². The van der Waals surface area contributed by atoms with Crippen molar-refractivity contribution < 1.29 is 38.8 Å². The van der Waals surface area contributed by atoms with Gasteiger partial charge in [-0.25, -0.2) is 4.79 Å². The summed E-state index contributed by atoms with van der Waals surface area (Å²) in [4.78, 5) is 35.6. The van der Waals surface area contributed by atoms with Crippen LogP contribution in [0.2, 0.25) is 0 Å². The Morgan fingerprint density at radius 3 is 2.17 bits per heavy atom. The number of benzene rings is 2. The van der Waals surface area contributed by atoms with E-state index in [0.29, 0.717) is 28.0 Å². The SMILES string of the molecule is C=C(C)C(=O)OCCOc1ccc(/C=C/C(=O)CC(=O)/C=C/c2ccc(O)c(OC)c2)cc1CO. The molecule has 0 spiro atoms. The summed E-state index contributed by atoms with van der Waals surface area (Å²) < 4.78 is 15.5. The van der Waals surface area contributed by atoms with E-state index in [4.69, 9.17) is 14.2 Å². The topological polar surface area (TPSA) is 119 Å². The minimum Gasteiger partial charge on any atom is -0.504 e. The van der Waals surface area contributed by atoms with Crippen molar-refractivity contribution in [3.8, 4) is 17.2 Å². The summed E-state index contributed by atoms with van der Waals surface area (Å²) in [5.41, 5.74) is 2.07. The van der Waals surface area contributed by atoms with Crippen molar-refractivity contribution in [2.75, 3.05) is 20.3 Å². The van der Waals surface area contributed by atoms with Crippen LogP contribution in [-0.4, -0.2) is 48.1 Å². The summed E-state index contributed by atoms with van der Waals surface area (Å²) in [6.45, 7) is 4.89. The first kappa shape index (κ1) is 27.1. The van der Waals surface area contributed by atoms with Gasteiger partial charge in [0, 0.05) is 11.1 Å². The van der Waals surface area contributed by atoms with Crippen molar-refractivity contribution in [3.05, 3.63) is 77.4 Å². The Hall–Kier alpha value is -4.17. The van der Waals surface area contributed by atoms with Crippen molar-refractivity contribution in [3.63, 3.8) is 0 Å². The number of carbonyl (C=O) groups is 3. The number of rotatable bonds is 13. The molecule has 0 aliphatic rings. The van der Waals surface area contributed by atoms with Crippen LogP contribution in [-0.2, 0) is 25.7 Å². The number of aliphatic hydroxyl groups is 1. The molecule has 0 aliphatic heterocycles. The van der Waals surface area contributed by atoms with Crippen LogP contribution in [0.4, 0.5) is 0 Å². The molecule has 0 amide bonds. The van der Waals surface area contributed by atoms with Crippen LogP contribution in [0.5, 0.6) is 17.2 Å². The van der Waals surface area contributed by atoms with Gasteiger partial charge in [0.1, 0.15) is 19.0 Å². The zero-order valence-electron chi connectivity index (χ0n) is 19.7. The molecule has 2 aromatic rings. The molecule has 8 nitrogen and oxygen atoms in total. The zero-order chi connectivity index (χ0) is 25.8. The second-order valence-electron chi connectivity index (χ2n) is 7.50. The predicted octanol–water partition coefficient (Wildman–Crippen LogP) is 3.65. The van der Waals surface area contributed by atoms with Crippen LogP contribution in [0.15, 0.2) is 60.7 Å². The molecular formula is C27H28O8. The number of carbonyl (C=O) groups excluding carboxylic acids is 3. The first-order valence-electron chi connectivity index (χ1n) is 10.7. The average Bonchev–Trinajstić information content (AvgIpc) is 2.84. The normalized spacial score (nSPS) is 10.9. The summed E-state index contributed by atoms with van der Waals surface area (Å²) in [7, 11) is 1.42. The summed E-state index contributed by atoms with van der Waals surface area (Å²) in [5, 5.41) is 19.2. The summed E-state index contributed by atoms with van der Waals surface area (Å²) in [6, 6.07) is 9.62. The number of esters is 1. The molecule has 0 radical (unpaired) electrons. The van der Waals surface area contributed by atoms with Crippen LogP contribution in [0.3, 0.4) is 0 Å². The minimum absolute atomic E-state index is 0.00987. The largest absolute Gasteiger partial charge is 0.504 e. The molecule has 0 aliphatic carbocycles. The quantitative estimate of drug-likeness (QED) is 0.193. The van der Waals surface area contributed by atoms with E-state index in [-0.39, 0.29) is 49.3 Å². The van der Waals surface area contributed by atoms with Crippen molar-refractivity contribution >= 4 is 29.7 Å². The lowest BCUT2D eigenvalue weighted by Gasteiger charge is -2.11. The van der Waals surface area contributed by atoms with Crippen LogP contribution in [0, 0.1) is 0 Å². The molecule has 0 atom stereocenters. The highest BCUT2D eigenvalue weighted by molar-refractivity contribution is 6.10. The smallest absolute Gasteiger partial charge is 0.333 e. The van der Waals surface area contributed by atoms with Gasteiger partial charge in [-0.05, 0) is 54.5 Å². The summed E-state index contributed by atoms with van der Waals surface area (Å²) in [5.74, 6) is -0.566. The van der Waals surface area contributed by atoms with E-state index in [1.165, 1.54) is 31.4 Å². The number of ketones is 2. The highest BCUT2D eigenvalue weighted by Gasteiger charge is 2.08. The number of allylic oxidation sites excluding steroid dienone is 2. The van der Waals surface area contributed by atoms with Crippen molar-refractivity contribution in [1.29, 1.82) is 0 Å². The Labute approximate surface area is 203 Å². The van der Waals surface area contributed by atoms with E-state index < -0.39 is 5.97 Å². The van der Waals surface area contributed by atoms with Crippen LogP contribution >= 0.6 is 0 Å². The maximum Gasteiger partial charge on any atom is 0.333 e. The van der Waals surface area contributed by atoms with Gasteiger partial charge in [0.05, 0.1) is 20.1 Å². The molecule has 0 fully saturated rings. The zero-order valence-corrected chi connectivity index (χ0v) is 19.7. The second kappa shape index (κ2) is 13.5. The lowest BCUT2D eigenvalue weighted by molar-refractivity contribution is -0.139. The molecule has 0 unspecified atom stereocenters. The minimum atomic E-state index is -0.504. The van der Waals surface area contributed by atoms with Crippen LogP contribution in [0.1, 0.15) is 30.0 Å². The van der Waals surface area contributed by atoms with E-state index in [1.54, 1.807) is 43.3 Å². The number of ether oxygens (including phenoxy) is 3. The Morgan fingerprint density at radius 1 is 0.943 bits per heavy atom. The van der Waals surface area contributed by atoms with Crippen molar-refractivity contribution in [2.24, 2.45) is 0 Å². The molecule has 0 saturated heterocycles. The Bertz CT molecular complexity index is 1140. The standard InChI is InChI=1S/C27H28O8/c1-18(2)27(32)35-13-12-34-25-11-7-19(14-21(25)17-28)4-8-22(29)16-23(30)9-5-20-6-10-24(31)26(15-20)33-3/h4-11,14-15,28,31H,1,12-13,16-17H2,2-3H3/b8-4+,9-5+. The molecule has 0 aromatic heterocycles. The molecule has 0 heterocycles. The van der Waals surface area contributed by atoms with Gasteiger partial charge in [0.2, 0.25) is 0 Å². The first-order valence-corrected chi connectivity index (χ1v) is 10.7. The summed E-state index contributed by atoms with van der Waals surface area (Å²) >= 11 is 0. The van der Waals surface area contributed by atoms with Crippen LogP contribution < -0.4 is 9.47 Å². The van der Waals surface area contributed by atoms with E-state index in [2.05, 4.69) is 6.58 Å². The molecule has 0 saturated carbocycles. The fourth-order valence-electron chi connectivity index (χ4n) is 2.84. The third-order valence-electron chi connectivity index (χ3n) is 4.65. The number of phenols is 1. The number of methoxy groups -OCH3 is 1. The van der Waals surface area contributed by atoms with Gasteiger partial charge in [-0.2, -0.15) is 0 Å². The monoisotopic (exact) mass is 480 g/mol. The fraction of sp³-hybridized carbons (Fsp3) is 0.222. The molecule has 2 rings (SSSR count). The van der Waals surface area contributed by atoms with Gasteiger partial charge in [-0.3, -0.25) is 9.59 Å². The predicted molar refractivity (Wildman–Crippen MR) is 131 cm³/mol. The van der Waals surface area contributed by atoms with Gasteiger partial charge in [0.25, 0.3) is 0 Å². The van der Waals surface area contributed by atoms with E-state index in [1.807, 2.05) is 0 Å². The third-order valence-corrected chi connectivity index (χ3v) is 4.65. The highest BCUT2D eigenvalue weighted by atomic mass is 16.6. The lowest BCUT2D eigenvalue weighted by atomic mass is 10.1. The van der Waals surface area contributed by atoms with Gasteiger partial charge in [0.15, 0.2) is 23.1 Å². The van der Waals surface area contributed by atoms with Gasteiger partial charge >= 0.3 is 5.97 Å². The molecule has 2 N–H and O–H groups in total. The van der Waals surface area contributed by atoms with E-state index >= 15 is 0 Å². The number of hydrogen-bond acceptors (Lipinski definition) is 8. The van der Waals surface area contributed by atoms with E-state index in [0.717, 1.165) is 0 Å². The van der Waals surface area contributed by atoms with Crippen LogP contribution in [0.25, 0.3) is 12.2 Å². The van der Waals surface area contributed by atoms with Gasteiger partial charge < -0.3 is 24.4 Å². The Morgan fingerprint density at radius 2 is 1.57 bits per heavy atom. The molecule has 35 heavy (non-hydrogen) atoms. The molecule has 8 heteroatoms. The average molecular weight is 481 g/mol. The van der Waals surface area contributed by atoms with Crippen molar-refractivity contribution in [1.82, 2.24) is 0 Å². The van der Waals surface area contributed by atoms with Crippen molar-refractivity contribution in [2.45, 2.75) is 20.0 Å². The number of phenolic OH excluding ortho intramolecular Hbond substituents is 1. The maximum absolute atomic E-state index is 12.2. The highest BCUT2D eigenvalue weighted by Crippen LogP contribution is 2.26. The maximum atomic E-state index is 12.2. The number of aromatic hydroxyl groups is 1. The molecule has 2 aromatic carbocycles. The van der Waals surface area contributed by atoms with E-state index in [9.17, 15) is 24.6 Å². The third kappa shape index (κ3) is 8.94. The number of hydrogen-bond donors (Lipinski definition) is 2. The molecular weight excluding hydrogens is 452 g/mol. The van der Waals surface area contributed by atoms with Gasteiger partial charge in [-0.1, -0.05) is 30.9 Å². The molecule has 0 bridgehead atoms. The second-order valence-corrected chi connectivity index (χ2v) is 7.50. The number of aliphatic hydroxyl groups excluding tert-OH is 1. The summed E-state index contributed by atoms with van der Waals surface area (Å²) in [6.07, 6.45) is 5.36. The Kier molecular flexibility index (Phi) is 10.5.